The predicted octanol–water partition coefficient (Wildman–Crippen LogP) is 5.52. The maximum atomic E-state index is 12.3. The van der Waals surface area contributed by atoms with Gasteiger partial charge in [0.2, 0.25) is 0 Å². The first-order chi connectivity index (χ1) is 15.1. The summed E-state index contributed by atoms with van der Waals surface area (Å²) in [4.78, 5) is 12.3. The van der Waals surface area contributed by atoms with Crippen LogP contribution in [0.2, 0.25) is 5.02 Å². The SMILES string of the molecule is COc1ccc(CCOc2ccc(C3=C/C(=C/c4ccc(Cl)cc4)C(=O)N3)cc2)cc1. The van der Waals surface area contributed by atoms with Gasteiger partial charge in [-0.2, -0.15) is 0 Å². The molecule has 0 bridgehead atoms. The largest absolute Gasteiger partial charge is 0.497 e. The molecule has 0 saturated heterocycles. The lowest BCUT2D eigenvalue weighted by Crippen LogP contribution is -2.15. The molecular weight excluding hydrogens is 410 g/mol. The van der Waals surface area contributed by atoms with Crippen molar-refractivity contribution in [3.8, 4) is 11.5 Å². The van der Waals surface area contributed by atoms with Gasteiger partial charge in [-0.05, 0) is 77.4 Å². The highest BCUT2D eigenvalue weighted by molar-refractivity contribution is 6.30. The fourth-order valence-electron chi connectivity index (χ4n) is 3.26. The molecule has 3 aromatic carbocycles. The quantitative estimate of drug-likeness (QED) is 0.501. The Morgan fingerprint density at radius 2 is 1.58 bits per heavy atom. The molecule has 0 spiro atoms. The van der Waals surface area contributed by atoms with Gasteiger partial charge in [0.1, 0.15) is 11.5 Å². The summed E-state index contributed by atoms with van der Waals surface area (Å²) in [5, 5.41) is 3.59. The maximum Gasteiger partial charge on any atom is 0.255 e. The van der Waals surface area contributed by atoms with Crippen molar-refractivity contribution in [3.63, 3.8) is 0 Å². The van der Waals surface area contributed by atoms with Crippen molar-refractivity contribution in [1.82, 2.24) is 5.32 Å². The Balaban J connectivity index is 1.37. The second-order valence-corrected chi connectivity index (χ2v) is 7.57. The summed E-state index contributed by atoms with van der Waals surface area (Å²) in [6, 6.07) is 23.1. The molecule has 4 nitrogen and oxygen atoms in total. The van der Waals surface area contributed by atoms with Crippen molar-refractivity contribution in [1.29, 1.82) is 0 Å². The van der Waals surface area contributed by atoms with E-state index in [1.54, 1.807) is 19.2 Å². The maximum absolute atomic E-state index is 12.3. The third kappa shape index (κ3) is 5.36. The summed E-state index contributed by atoms with van der Waals surface area (Å²) in [5.74, 6) is 1.52. The zero-order valence-corrected chi connectivity index (χ0v) is 17.9. The van der Waals surface area contributed by atoms with E-state index in [9.17, 15) is 4.79 Å². The van der Waals surface area contributed by atoms with E-state index in [1.165, 1.54) is 5.56 Å². The van der Waals surface area contributed by atoms with Gasteiger partial charge in [-0.15, -0.1) is 0 Å². The van der Waals surface area contributed by atoms with Crippen LogP contribution in [-0.2, 0) is 11.2 Å². The summed E-state index contributed by atoms with van der Waals surface area (Å²) in [7, 11) is 1.66. The highest BCUT2D eigenvalue weighted by Gasteiger charge is 2.19. The topological polar surface area (TPSA) is 47.6 Å². The van der Waals surface area contributed by atoms with E-state index in [0.29, 0.717) is 17.2 Å². The molecule has 0 atom stereocenters. The minimum absolute atomic E-state index is 0.121. The molecule has 1 N–H and O–H groups in total. The van der Waals surface area contributed by atoms with Crippen molar-refractivity contribution in [2.75, 3.05) is 13.7 Å². The van der Waals surface area contributed by atoms with Crippen LogP contribution in [0.3, 0.4) is 0 Å². The lowest BCUT2D eigenvalue weighted by Gasteiger charge is -2.08. The number of ether oxygens (including phenoxy) is 2. The molecule has 1 aliphatic heterocycles. The number of methoxy groups -OCH3 is 1. The van der Waals surface area contributed by atoms with E-state index in [1.807, 2.05) is 72.8 Å². The van der Waals surface area contributed by atoms with Gasteiger partial charge in [0.25, 0.3) is 5.91 Å². The van der Waals surface area contributed by atoms with Crippen molar-refractivity contribution in [3.05, 3.63) is 106 Å². The smallest absolute Gasteiger partial charge is 0.255 e. The molecular formula is C26H22ClNO3. The van der Waals surface area contributed by atoms with Gasteiger partial charge in [0.15, 0.2) is 0 Å². The molecule has 5 heteroatoms. The molecule has 0 fully saturated rings. The Hall–Kier alpha value is -3.50. The fraction of sp³-hybridized carbons (Fsp3) is 0.115. The first-order valence-corrected chi connectivity index (χ1v) is 10.3. The summed E-state index contributed by atoms with van der Waals surface area (Å²) in [6.45, 7) is 0.582. The molecule has 1 heterocycles. The van der Waals surface area contributed by atoms with E-state index in [0.717, 1.165) is 34.7 Å². The standard InChI is InChI=1S/C26H22ClNO3/c1-30-23-10-4-18(5-11-23)14-15-31-24-12-6-20(7-13-24)25-17-21(26(29)28-25)16-19-2-8-22(27)9-3-19/h2-13,16-17H,14-15H2,1H3,(H,28,29)/b21-16-. The third-order valence-electron chi connectivity index (χ3n) is 4.99. The van der Waals surface area contributed by atoms with Gasteiger partial charge in [-0.3, -0.25) is 4.79 Å². The van der Waals surface area contributed by atoms with Crippen LogP contribution in [-0.4, -0.2) is 19.6 Å². The minimum Gasteiger partial charge on any atom is -0.497 e. The van der Waals surface area contributed by atoms with Crippen molar-refractivity contribution in [2.45, 2.75) is 6.42 Å². The van der Waals surface area contributed by atoms with Crippen LogP contribution in [0.5, 0.6) is 11.5 Å². The molecule has 1 amide bonds. The Morgan fingerprint density at radius 3 is 2.26 bits per heavy atom. The van der Waals surface area contributed by atoms with Crippen molar-refractivity contribution < 1.29 is 14.3 Å². The van der Waals surface area contributed by atoms with Gasteiger partial charge in [0.05, 0.1) is 13.7 Å². The Bertz CT molecular complexity index is 1110. The summed E-state index contributed by atoms with van der Waals surface area (Å²) >= 11 is 5.92. The van der Waals surface area contributed by atoms with Gasteiger partial charge < -0.3 is 14.8 Å². The van der Waals surface area contributed by atoms with Gasteiger partial charge in [0, 0.05) is 22.7 Å². The highest BCUT2D eigenvalue weighted by Crippen LogP contribution is 2.24. The van der Waals surface area contributed by atoms with Gasteiger partial charge >= 0.3 is 0 Å². The van der Waals surface area contributed by atoms with Gasteiger partial charge in [-0.1, -0.05) is 35.9 Å². The lowest BCUT2D eigenvalue weighted by atomic mass is 10.1. The van der Waals surface area contributed by atoms with Crippen molar-refractivity contribution in [2.24, 2.45) is 0 Å². The van der Waals surface area contributed by atoms with E-state index < -0.39 is 0 Å². The summed E-state index contributed by atoms with van der Waals surface area (Å²) < 4.78 is 11.0. The van der Waals surface area contributed by atoms with Crippen LogP contribution < -0.4 is 14.8 Å². The number of rotatable bonds is 7. The number of hydrogen-bond donors (Lipinski definition) is 1. The van der Waals surface area contributed by atoms with E-state index >= 15 is 0 Å². The molecule has 0 unspecified atom stereocenters. The molecule has 0 aliphatic carbocycles. The first-order valence-electron chi connectivity index (χ1n) is 9.97. The second kappa shape index (κ2) is 9.54. The van der Waals surface area contributed by atoms with Crippen LogP contribution in [0.15, 0.2) is 84.4 Å². The van der Waals surface area contributed by atoms with Crippen LogP contribution in [0.25, 0.3) is 11.8 Å². The zero-order chi connectivity index (χ0) is 21.6. The normalized spacial score (nSPS) is 14.3. The fourth-order valence-corrected chi connectivity index (χ4v) is 3.39. The highest BCUT2D eigenvalue weighted by atomic mass is 35.5. The first kappa shape index (κ1) is 20.8. The molecule has 31 heavy (non-hydrogen) atoms. The van der Waals surface area contributed by atoms with Crippen LogP contribution in [0.1, 0.15) is 16.7 Å². The zero-order valence-electron chi connectivity index (χ0n) is 17.1. The Kier molecular flexibility index (Phi) is 6.39. The predicted molar refractivity (Wildman–Crippen MR) is 124 cm³/mol. The summed E-state index contributed by atoms with van der Waals surface area (Å²) in [5.41, 5.74) is 4.42. The Morgan fingerprint density at radius 1 is 0.903 bits per heavy atom. The monoisotopic (exact) mass is 431 g/mol. The Labute approximate surface area is 186 Å². The van der Waals surface area contributed by atoms with Crippen LogP contribution in [0, 0.1) is 0 Å². The molecule has 3 aromatic rings. The van der Waals surface area contributed by atoms with E-state index in [4.69, 9.17) is 21.1 Å². The van der Waals surface area contributed by atoms with Crippen LogP contribution >= 0.6 is 11.6 Å². The summed E-state index contributed by atoms with van der Waals surface area (Å²) in [6.07, 6.45) is 4.51. The van der Waals surface area contributed by atoms with Gasteiger partial charge in [-0.25, -0.2) is 0 Å². The average molecular weight is 432 g/mol. The van der Waals surface area contributed by atoms with Crippen LogP contribution in [0.4, 0.5) is 0 Å². The number of nitrogens with one attached hydrogen (secondary N) is 1. The van der Waals surface area contributed by atoms with E-state index in [2.05, 4.69) is 5.32 Å². The molecule has 0 saturated carbocycles. The molecule has 156 valence electrons. The number of hydrogen-bond acceptors (Lipinski definition) is 3. The molecule has 4 rings (SSSR count). The minimum atomic E-state index is -0.121. The second-order valence-electron chi connectivity index (χ2n) is 7.13. The van der Waals surface area contributed by atoms with E-state index in [-0.39, 0.29) is 5.91 Å². The molecule has 0 radical (unpaired) electrons. The van der Waals surface area contributed by atoms with Crippen molar-refractivity contribution >= 4 is 29.3 Å². The lowest BCUT2D eigenvalue weighted by molar-refractivity contribution is -0.115. The number of amides is 1. The average Bonchev–Trinajstić information content (AvgIpc) is 3.16. The molecule has 0 aromatic heterocycles. The number of carbonyl (C=O) groups excluding carboxylic acids is 1. The number of halogens is 1. The number of benzene rings is 3. The number of carbonyl (C=O) groups is 1. The molecule has 1 aliphatic rings. The third-order valence-corrected chi connectivity index (χ3v) is 5.24.